The molecule has 3 aliphatic rings. The van der Waals surface area contributed by atoms with Crippen molar-refractivity contribution in [1.29, 1.82) is 0 Å². The highest BCUT2D eigenvalue weighted by Crippen LogP contribution is 2.48. The summed E-state index contributed by atoms with van der Waals surface area (Å²) in [6.07, 6.45) is 4.48. The molecule has 2 aliphatic heterocycles. The van der Waals surface area contributed by atoms with Gasteiger partial charge in [-0.1, -0.05) is 0 Å². The third kappa shape index (κ3) is 5.67. The summed E-state index contributed by atoms with van der Waals surface area (Å²) in [5, 5.41) is 3.06. The lowest BCUT2D eigenvalue weighted by atomic mass is 9.67. The van der Waals surface area contributed by atoms with Crippen molar-refractivity contribution in [3.8, 4) is 5.88 Å². The average molecular weight is 490 g/mol. The maximum atomic E-state index is 15.3. The first-order valence-corrected chi connectivity index (χ1v) is 12.3. The Morgan fingerprint density at radius 1 is 1.26 bits per heavy atom. The van der Waals surface area contributed by atoms with Gasteiger partial charge in [-0.2, -0.15) is 0 Å². The number of alkyl carbamates (subject to hydrolysis) is 1. The van der Waals surface area contributed by atoms with Crippen LogP contribution < -0.4 is 10.1 Å². The third-order valence-electron chi connectivity index (χ3n) is 6.98. The minimum atomic E-state index is -0.560. The number of aromatic nitrogens is 2. The van der Waals surface area contributed by atoms with Crippen molar-refractivity contribution in [2.75, 3.05) is 26.9 Å². The molecule has 8 nitrogen and oxygen atoms in total. The van der Waals surface area contributed by atoms with Crippen LogP contribution >= 0.6 is 0 Å². The van der Waals surface area contributed by atoms with Crippen LogP contribution in [0.3, 0.4) is 0 Å². The number of nitrogens with one attached hydrogen (secondary N) is 1. The van der Waals surface area contributed by atoms with Crippen molar-refractivity contribution in [2.24, 2.45) is 0 Å². The Balaban J connectivity index is 1.56. The summed E-state index contributed by atoms with van der Waals surface area (Å²) in [6.45, 7) is 8.73. The number of methoxy groups -OCH3 is 1. The van der Waals surface area contributed by atoms with Crippen LogP contribution in [-0.4, -0.2) is 59.7 Å². The van der Waals surface area contributed by atoms with Gasteiger partial charge in [0.2, 0.25) is 5.88 Å². The van der Waals surface area contributed by atoms with Gasteiger partial charge in [0.15, 0.2) is 0 Å². The zero-order valence-electron chi connectivity index (χ0n) is 21.3. The number of halogens is 1. The zero-order valence-corrected chi connectivity index (χ0v) is 21.3. The van der Waals surface area contributed by atoms with Gasteiger partial charge in [-0.25, -0.2) is 14.2 Å². The standard InChI is InChI=1S/C26H36FN3O5/c1-6-33-15-17(21-18(27)14-28-19-7-8-20(32-5)29-22(19)21)13-26-11-9-25(10-12-26,16-34-26)30-23(31)35-24(2,3)4/h7-8,14,17H,6,9-13,15-16H2,1-5H3,(H,30,31). The molecule has 35 heavy (non-hydrogen) atoms. The summed E-state index contributed by atoms with van der Waals surface area (Å²) in [5.41, 5.74) is 0.167. The lowest BCUT2D eigenvalue weighted by molar-refractivity contribution is -0.168. The summed E-state index contributed by atoms with van der Waals surface area (Å²) in [6, 6.07) is 3.50. The average Bonchev–Trinajstić information content (AvgIpc) is 2.81. The molecular formula is C26H36FN3O5. The largest absolute Gasteiger partial charge is 0.481 e. The zero-order chi connectivity index (χ0) is 25.3. The van der Waals surface area contributed by atoms with E-state index in [-0.39, 0.29) is 5.92 Å². The molecule has 1 atom stereocenters. The molecule has 1 aliphatic carbocycles. The molecule has 9 heteroatoms. The molecule has 0 radical (unpaired) electrons. The van der Waals surface area contributed by atoms with Gasteiger partial charge in [0.25, 0.3) is 0 Å². The number of carbonyl (C=O) groups is 1. The fraction of sp³-hybridized carbons (Fsp3) is 0.654. The summed E-state index contributed by atoms with van der Waals surface area (Å²) in [4.78, 5) is 21.2. The van der Waals surface area contributed by atoms with E-state index in [4.69, 9.17) is 18.9 Å². The molecule has 3 fully saturated rings. The second-order valence-corrected chi connectivity index (χ2v) is 10.7. The van der Waals surface area contributed by atoms with Gasteiger partial charge in [-0.3, -0.25) is 4.98 Å². The van der Waals surface area contributed by atoms with Crippen LogP contribution in [0.1, 0.15) is 71.3 Å². The van der Waals surface area contributed by atoms with Crippen LogP contribution in [0.2, 0.25) is 0 Å². The van der Waals surface area contributed by atoms with Crippen LogP contribution in [0.5, 0.6) is 5.88 Å². The second-order valence-electron chi connectivity index (χ2n) is 10.7. The van der Waals surface area contributed by atoms with Gasteiger partial charge >= 0.3 is 6.09 Å². The number of hydrogen-bond donors (Lipinski definition) is 1. The Morgan fingerprint density at radius 3 is 2.60 bits per heavy atom. The van der Waals surface area contributed by atoms with Crippen LogP contribution in [0.4, 0.5) is 9.18 Å². The Morgan fingerprint density at radius 2 is 2.00 bits per heavy atom. The molecule has 1 amide bonds. The van der Waals surface area contributed by atoms with Crippen molar-refractivity contribution < 1.29 is 28.1 Å². The molecule has 4 heterocycles. The van der Waals surface area contributed by atoms with Crippen LogP contribution in [0.15, 0.2) is 18.3 Å². The summed E-state index contributed by atoms with van der Waals surface area (Å²) in [5.74, 6) is -0.277. The van der Waals surface area contributed by atoms with E-state index in [9.17, 15) is 4.79 Å². The van der Waals surface area contributed by atoms with Gasteiger partial charge < -0.3 is 24.3 Å². The van der Waals surface area contributed by atoms with Gasteiger partial charge in [0.05, 0.1) is 48.7 Å². The smallest absolute Gasteiger partial charge is 0.408 e. The van der Waals surface area contributed by atoms with Crippen molar-refractivity contribution in [1.82, 2.24) is 15.3 Å². The molecule has 1 N–H and O–H groups in total. The predicted molar refractivity (Wildman–Crippen MR) is 129 cm³/mol. The Hall–Kier alpha value is -2.52. The van der Waals surface area contributed by atoms with E-state index in [1.165, 1.54) is 13.3 Å². The molecule has 1 saturated carbocycles. The molecule has 2 saturated heterocycles. The molecule has 1 unspecified atom stereocenters. The summed E-state index contributed by atoms with van der Waals surface area (Å²) >= 11 is 0. The van der Waals surface area contributed by atoms with Gasteiger partial charge in [-0.15, -0.1) is 0 Å². The highest BCUT2D eigenvalue weighted by atomic mass is 19.1. The van der Waals surface area contributed by atoms with E-state index in [1.807, 2.05) is 27.7 Å². The third-order valence-corrected chi connectivity index (χ3v) is 6.98. The molecule has 2 aromatic rings. The number of pyridine rings is 2. The highest BCUT2D eigenvalue weighted by molar-refractivity contribution is 5.79. The van der Waals surface area contributed by atoms with Crippen LogP contribution in [-0.2, 0) is 14.2 Å². The second kappa shape index (κ2) is 9.85. The Bertz CT molecular complexity index is 1050. The number of rotatable bonds is 8. The minimum absolute atomic E-state index is 0.274. The van der Waals surface area contributed by atoms with E-state index in [0.717, 1.165) is 25.7 Å². The highest BCUT2D eigenvalue weighted by Gasteiger charge is 2.51. The van der Waals surface area contributed by atoms with E-state index < -0.39 is 28.7 Å². The molecule has 2 aromatic heterocycles. The number of fused-ring (bicyclic) bond motifs is 4. The quantitative estimate of drug-likeness (QED) is 0.564. The fourth-order valence-corrected chi connectivity index (χ4v) is 5.21. The molecule has 192 valence electrons. The molecule has 5 rings (SSSR count). The Labute approximate surface area is 205 Å². The van der Waals surface area contributed by atoms with E-state index in [2.05, 4.69) is 15.3 Å². The normalized spacial score (nSPS) is 24.9. The SMILES string of the molecule is CCOCC(CC12CCC(NC(=O)OC(C)(C)C)(CC1)CO2)c1c(F)cnc2ccc(OC)nc12. The minimum Gasteiger partial charge on any atom is -0.481 e. The topological polar surface area (TPSA) is 91.8 Å². The summed E-state index contributed by atoms with van der Waals surface area (Å²) in [7, 11) is 1.53. The van der Waals surface area contributed by atoms with Gasteiger partial charge in [-0.05, 0) is 65.9 Å². The maximum Gasteiger partial charge on any atom is 0.408 e. The number of ether oxygens (including phenoxy) is 4. The number of nitrogens with zero attached hydrogens (tertiary/aromatic N) is 2. The molecule has 0 spiro atoms. The lowest BCUT2D eigenvalue weighted by Gasteiger charge is -2.54. The van der Waals surface area contributed by atoms with Crippen molar-refractivity contribution >= 4 is 17.1 Å². The van der Waals surface area contributed by atoms with Crippen LogP contribution in [0.25, 0.3) is 11.0 Å². The predicted octanol–water partition coefficient (Wildman–Crippen LogP) is 4.89. The van der Waals surface area contributed by atoms with E-state index in [0.29, 0.717) is 48.7 Å². The van der Waals surface area contributed by atoms with Gasteiger partial charge in [0, 0.05) is 24.2 Å². The Kier molecular flexibility index (Phi) is 7.20. The van der Waals surface area contributed by atoms with E-state index >= 15 is 4.39 Å². The van der Waals surface area contributed by atoms with Crippen LogP contribution in [0, 0.1) is 5.82 Å². The first kappa shape index (κ1) is 25.6. The number of carbonyl (C=O) groups excluding carboxylic acids is 1. The van der Waals surface area contributed by atoms with Crippen molar-refractivity contribution in [3.05, 3.63) is 29.7 Å². The number of amides is 1. The monoisotopic (exact) mass is 489 g/mol. The first-order valence-electron chi connectivity index (χ1n) is 12.3. The molecule has 2 bridgehead atoms. The molecule has 0 aromatic carbocycles. The van der Waals surface area contributed by atoms with E-state index in [1.54, 1.807) is 12.1 Å². The van der Waals surface area contributed by atoms with Gasteiger partial charge in [0.1, 0.15) is 11.4 Å². The summed E-state index contributed by atoms with van der Waals surface area (Å²) < 4.78 is 38.2. The fourth-order valence-electron chi connectivity index (χ4n) is 5.21. The first-order chi connectivity index (χ1) is 16.6. The maximum absolute atomic E-state index is 15.3. The molecular weight excluding hydrogens is 453 g/mol. The van der Waals surface area contributed by atoms with Crippen molar-refractivity contribution in [3.63, 3.8) is 0 Å². The number of hydrogen-bond acceptors (Lipinski definition) is 7. The van der Waals surface area contributed by atoms with Crippen molar-refractivity contribution in [2.45, 2.75) is 82.5 Å². The lowest BCUT2D eigenvalue weighted by Crippen LogP contribution is -2.63.